The quantitative estimate of drug-likeness (QED) is 0.871. The molecule has 2 aliphatic heterocycles. The van der Waals surface area contributed by atoms with Gasteiger partial charge >= 0.3 is 6.09 Å². The number of amides is 1. The van der Waals surface area contributed by atoms with Gasteiger partial charge in [-0.1, -0.05) is 23.2 Å². The number of piperidine rings is 1. The zero-order chi connectivity index (χ0) is 14.8. The average molecular weight is 366 g/mol. The van der Waals surface area contributed by atoms with Crippen LogP contribution in [-0.2, 0) is 11.3 Å². The Kier molecular flexibility index (Phi) is 6.21. The Balaban J connectivity index is 0.00000176. The fourth-order valence-corrected chi connectivity index (χ4v) is 3.70. The summed E-state index contributed by atoms with van der Waals surface area (Å²) in [6, 6.07) is 5.17. The van der Waals surface area contributed by atoms with Gasteiger partial charge in [0.05, 0.1) is 0 Å². The summed E-state index contributed by atoms with van der Waals surface area (Å²) in [5, 5.41) is 4.48. The maximum atomic E-state index is 12.1. The van der Waals surface area contributed by atoms with E-state index in [0.29, 0.717) is 21.9 Å². The Morgan fingerprint density at radius 1 is 1.23 bits per heavy atom. The molecule has 0 bridgehead atoms. The third kappa shape index (κ3) is 4.19. The van der Waals surface area contributed by atoms with E-state index in [1.165, 1.54) is 0 Å². The first kappa shape index (κ1) is 17.7. The Labute approximate surface area is 146 Å². The van der Waals surface area contributed by atoms with Crippen molar-refractivity contribution < 1.29 is 9.53 Å². The van der Waals surface area contributed by atoms with Crippen molar-refractivity contribution in [2.24, 2.45) is 11.8 Å². The maximum absolute atomic E-state index is 12.1. The van der Waals surface area contributed by atoms with Crippen molar-refractivity contribution in [1.29, 1.82) is 0 Å². The highest BCUT2D eigenvalue weighted by atomic mass is 35.5. The topological polar surface area (TPSA) is 41.6 Å². The van der Waals surface area contributed by atoms with Gasteiger partial charge < -0.3 is 15.0 Å². The third-order valence-electron chi connectivity index (χ3n) is 4.25. The van der Waals surface area contributed by atoms with Crippen LogP contribution in [-0.4, -0.2) is 37.2 Å². The summed E-state index contributed by atoms with van der Waals surface area (Å²) >= 11 is 11.9. The molecule has 1 aromatic rings. The van der Waals surface area contributed by atoms with Crippen molar-refractivity contribution in [2.45, 2.75) is 13.0 Å². The van der Waals surface area contributed by atoms with Gasteiger partial charge in [-0.2, -0.15) is 0 Å². The van der Waals surface area contributed by atoms with Crippen molar-refractivity contribution in [3.8, 4) is 0 Å². The van der Waals surface area contributed by atoms with E-state index in [9.17, 15) is 4.79 Å². The summed E-state index contributed by atoms with van der Waals surface area (Å²) in [7, 11) is 0. The molecule has 0 aromatic heterocycles. The Hall–Kier alpha value is -0.680. The van der Waals surface area contributed by atoms with Crippen LogP contribution >= 0.6 is 35.6 Å². The molecule has 1 amide bonds. The molecule has 1 aromatic carbocycles. The smallest absolute Gasteiger partial charge is 0.410 e. The summed E-state index contributed by atoms with van der Waals surface area (Å²) < 4.78 is 5.38. The van der Waals surface area contributed by atoms with Gasteiger partial charge in [0, 0.05) is 23.1 Å². The fraction of sp³-hybridized carbons (Fsp3) is 0.533. The molecular formula is C15H19Cl3N2O2. The van der Waals surface area contributed by atoms with E-state index < -0.39 is 0 Å². The van der Waals surface area contributed by atoms with Crippen LogP contribution in [0.1, 0.15) is 12.0 Å². The minimum atomic E-state index is -0.253. The highest BCUT2D eigenvalue weighted by Gasteiger charge is 2.34. The molecule has 2 aliphatic rings. The highest BCUT2D eigenvalue weighted by Crippen LogP contribution is 2.27. The summed E-state index contributed by atoms with van der Waals surface area (Å²) in [5.41, 5.74) is 0.804. The molecule has 2 fully saturated rings. The predicted molar refractivity (Wildman–Crippen MR) is 89.9 cm³/mol. The Bertz CT molecular complexity index is 521. The summed E-state index contributed by atoms with van der Waals surface area (Å²) in [5.74, 6) is 1.27. The van der Waals surface area contributed by atoms with E-state index in [1.807, 2.05) is 0 Å². The van der Waals surface area contributed by atoms with Crippen LogP contribution in [0.3, 0.4) is 0 Å². The normalized spacial score (nSPS) is 23.6. The van der Waals surface area contributed by atoms with Crippen LogP contribution in [0.25, 0.3) is 0 Å². The molecule has 1 N–H and O–H groups in total. The lowest BCUT2D eigenvalue weighted by molar-refractivity contribution is 0.0730. The standard InChI is InChI=1S/C15H18Cl2N2O2.ClH/c16-13-3-10(4-14(17)5-13)9-21-15(20)19-2-1-11-6-18-7-12(11)8-19;/h3-5,11-12,18H,1-2,6-9H2;1H. The van der Waals surface area contributed by atoms with Gasteiger partial charge in [-0.25, -0.2) is 4.79 Å². The molecule has 7 heteroatoms. The summed E-state index contributed by atoms with van der Waals surface area (Å²) in [4.78, 5) is 14.0. The van der Waals surface area contributed by atoms with Crippen LogP contribution < -0.4 is 5.32 Å². The van der Waals surface area contributed by atoms with Crippen molar-refractivity contribution >= 4 is 41.7 Å². The second-order valence-corrected chi connectivity index (χ2v) is 6.62. The largest absolute Gasteiger partial charge is 0.445 e. The Morgan fingerprint density at radius 2 is 1.91 bits per heavy atom. The molecule has 2 unspecified atom stereocenters. The number of likely N-dealkylation sites (tertiary alicyclic amines) is 1. The zero-order valence-corrected chi connectivity index (χ0v) is 14.4. The van der Waals surface area contributed by atoms with Crippen molar-refractivity contribution in [2.75, 3.05) is 26.2 Å². The van der Waals surface area contributed by atoms with E-state index in [2.05, 4.69) is 5.32 Å². The van der Waals surface area contributed by atoms with Crippen molar-refractivity contribution in [1.82, 2.24) is 10.2 Å². The van der Waals surface area contributed by atoms with Crippen molar-refractivity contribution in [3.63, 3.8) is 0 Å². The number of ether oxygens (including phenoxy) is 1. The molecule has 0 aliphatic carbocycles. The molecular weight excluding hydrogens is 347 g/mol. The maximum Gasteiger partial charge on any atom is 0.410 e. The lowest BCUT2D eigenvalue weighted by Gasteiger charge is -2.33. The molecule has 0 radical (unpaired) electrons. The number of nitrogens with one attached hydrogen (secondary N) is 1. The van der Waals surface area contributed by atoms with Crippen LogP contribution in [0.4, 0.5) is 4.79 Å². The number of fused-ring (bicyclic) bond motifs is 1. The third-order valence-corrected chi connectivity index (χ3v) is 4.68. The molecule has 2 saturated heterocycles. The van der Waals surface area contributed by atoms with Crippen LogP contribution in [0.15, 0.2) is 18.2 Å². The average Bonchev–Trinajstić information content (AvgIpc) is 2.91. The van der Waals surface area contributed by atoms with Crippen LogP contribution in [0.5, 0.6) is 0 Å². The monoisotopic (exact) mass is 364 g/mol. The number of nitrogens with zero attached hydrogens (tertiary/aromatic N) is 1. The minimum absolute atomic E-state index is 0. The first-order valence-corrected chi connectivity index (χ1v) is 7.95. The van der Waals surface area contributed by atoms with E-state index in [1.54, 1.807) is 23.1 Å². The highest BCUT2D eigenvalue weighted by molar-refractivity contribution is 6.34. The van der Waals surface area contributed by atoms with Gasteiger partial charge in [-0.15, -0.1) is 12.4 Å². The summed E-state index contributed by atoms with van der Waals surface area (Å²) in [6.07, 6.45) is 0.798. The number of carbonyl (C=O) groups is 1. The zero-order valence-electron chi connectivity index (χ0n) is 12.1. The number of rotatable bonds is 2. The number of benzene rings is 1. The SMILES string of the molecule is Cl.O=C(OCc1cc(Cl)cc(Cl)c1)N1CCC2CNCC2C1. The molecule has 0 spiro atoms. The first-order chi connectivity index (χ1) is 10.1. The molecule has 22 heavy (non-hydrogen) atoms. The first-order valence-electron chi connectivity index (χ1n) is 7.19. The van der Waals surface area contributed by atoms with E-state index in [4.69, 9.17) is 27.9 Å². The van der Waals surface area contributed by atoms with E-state index >= 15 is 0 Å². The molecule has 2 heterocycles. The van der Waals surface area contributed by atoms with Gasteiger partial charge in [-0.05, 0) is 55.1 Å². The number of hydrogen-bond acceptors (Lipinski definition) is 3. The summed E-state index contributed by atoms with van der Waals surface area (Å²) in [6.45, 7) is 3.83. The molecule has 2 atom stereocenters. The van der Waals surface area contributed by atoms with Gasteiger partial charge in [0.15, 0.2) is 0 Å². The van der Waals surface area contributed by atoms with Crippen molar-refractivity contribution in [3.05, 3.63) is 33.8 Å². The predicted octanol–water partition coefficient (Wildman–Crippen LogP) is 3.59. The number of carbonyl (C=O) groups excluding carboxylic acids is 1. The van der Waals surface area contributed by atoms with Gasteiger partial charge in [0.2, 0.25) is 0 Å². The fourth-order valence-electron chi connectivity index (χ4n) is 3.13. The van der Waals surface area contributed by atoms with Crippen LogP contribution in [0.2, 0.25) is 10.0 Å². The second-order valence-electron chi connectivity index (χ2n) is 5.75. The lowest BCUT2D eigenvalue weighted by Crippen LogP contribution is -2.43. The van der Waals surface area contributed by atoms with E-state index in [0.717, 1.165) is 38.2 Å². The molecule has 122 valence electrons. The number of halogens is 3. The lowest BCUT2D eigenvalue weighted by atomic mass is 9.89. The molecule has 3 rings (SSSR count). The van der Waals surface area contributed by atoms with Gasteiger partial charge in [-0.3, -0.25) is 0 Å². The van der Waals surface area contributed by atoms with Gasteiger partial charge in [0.1, 0.15) is 6.61 Å². The molecule has 4 nitrogen and oxygen atoms in total. The van der Waals surface area contributed by atoms with Crippen LogP contribution in [0, 0.1) is 11.8 Å². The van der Waals surface area contributed by atoms with E-state index in [-0.39, 0.29) is 25.1 Å². The Morgan fingerprint density at radius 3 is 2.64 bits per heavy atom. The van der Waals surface area contributed by atoms with Gasteiger partial charge in [0.25, 0.3) is 0 Å². The number of hydrogen-bond donors (Lipinski definition) is 1. The second kappa shape index (κ2) is 7.73. The molecule has 0 saturated carbocycles. The minimum Gasteiger partial charge on any atom is -0.445 e.